The molecule has 3 atom stereocenters. The van der Waals surface area contributed by atoms with Gasteiger partial charge in [-0.05, 0) is 30.6 Å². The summed E-state index contributed by atoms with van der Waals surface area (Å²) in [6, 6.07) is 0. The van der Waals surface area contributed by atoms with Crippen LogP contribution in [0.15, 0.2) is 0 Å². The summed E-state index contributed by atoms with van der Waals surface area (Å²) in [7, 11) is 0. The van der Waals surface area contributed by atoms with Gasteiger partial charge in [0, 0.05) is 0 Å². The fourth-order valence-corrected chi connectivity index (χ4v) is 2.00. The van der Waals surface area contributed by atoms with Gasteiger partial charge in [0.25, 0.3) is 0 Å². The Morgan fingerprint density at radius 2 is 1.82 bits per heavy atom. The van der Waals surface area contributed by atoms with E-state index in [4.69, 9.17) is 5.26 Å². The molecule has 0 aliphatic rings. The first-order valence-electron chi connectivity index (χ1n) is 6.25. The lowest BCUT2D eigenvalue weighted by Crippen LogP contribution is -2.32. The zero-order valence-electron chi connectivity index (χ0n) is 11.6. The van der Waals surface area contributed by atoms with Crippen LogP contribution in [0.5, 0.6) is 0 Å². The fraction of sp³-hybridized carbons (Fsp3) is 0.923. The number of hydrogen-bond acceptors (Lipinski definition) is 4. The van der Waals surface area contributed by atoms with Crippen LogP contribution in [0, 0.1) is 17.3 Å². The highest BCUT2D eigenvalue weighted by Crippen LogP contribution is 2.33. The Bertz CT molecular complexity index is 232. The lowest BCUT2D eigenvalue weighted by Gasteiger charge is -2.30. The minimum atomic E-state index is -0.588. The van der Waals surface area contributed by atoms with E-state index in [9.17, 15) is 9.90 Å². The molecule has 0 amide bonds. The van der Waals surface area contributed by atoms with Crippen molar-refractivity contribution < 1.29 is 20.0 Å². The van der Waals surface area contributed by atoms with Crippen molar-refractivity contribution in [3.8, 4) is 0 Å². The van der Waals surface area contributed by atoms with E-state index < -0.39 is 5.97 Å². The van der Waals surface area contributed by atoms with Crippen molar-refractivity contribution in [2.45, 2.75) is 60.0 Å². The zero-order chi connectivity index (χ0) is 13.6. The predicted molar refractivity (Wildman–Crippen MR) is 66.4 cm³/mol. The van der Waals surface area contributed by atoms with Crippen molar-refractivity contribution in [3.63, 3.8) is 0 Å². The molecule has 0 radical (unpaired) electrons. The first-order valence-corrected chi connectivity index (χ1v) is 6.25. The molecule has 0 rings (SSSR count). The predicted octanol–water partition coefficient (Wildman–Crippen LogP) is 2.85. The normalized spacial score (nSPS) is 17.4. The molecule has 0 aromatic carbocycles. The maximum Gasteiger partial charge on any atom is 0.345 e. The topological polar surface area (TPSA) is 66.8 Å². The molecule has 0 saturated carbocycles. The molecular weight excluding hydrogens is 220 g/mol. The van der Waals surface area contributed by atoms with Crippen LogP contribution >= 0.6 is 0 Å². The summed E-state index contributed by atoms with van der Waals surface area (Å²) in [5.41, 5.74) is -0.259. The van der Waals surface area contributed by atoms with Crippen LogP contribution in [0.1, 0.15) is 53.9 Å². The summed E-state index contributed by atoms with van der Waals surface area (Å²) in [6.45, 7) is 9.76. The molecule has 4 nitrogen and oxygen atoms in total. The molecule has 0 saturated heterocycles. The molecule has 3 unspecified atom stereocenters. The Morgan fingerprint density at radius 3 is 2.18 bits per heavy atom. The molecular formula is C13H26O4. The van der Waals surface area contributed by atoms with Gasteiger partial charge in [-0.15, -0.1) is 0 Å². The number of aliphatic hydroxyl groups excluding tert-OH is 1. The lowest BCUT2D eigenvalue weighted by molar-refractivity contribution is -0.242. The van der Waals surface area contributed by atoms with E-state index in [0.29, 0.717) is 12.8 Å². The Balaban J connectivity index is 4.49. The maximum atomic E-state index is 11.5. The monoisotopic (exact) mass is 246 g/mol. The molecule has 17 heavy (non-hydrogen) atoms. The highest BCUT2D eigenvalue weighted by atomic mass is 17.1. The SMILES string of the molecule is CCC(O)CC(C)CC(C(=O)OO)C(C)(C)C. The van der Waals surface area contributed by atoms with Crippen LogP contribution in [-0.2, 0) is 9.68 Å². The molecule has 0 aromatic rings. The molecule has 0 bridgehead atoms. The third-order valence-corrected chi connectivity index (χ3v) is 3.20. The second kappa shape index (κ2) is 6.97. The van der Waals surface area contributed by atoms with Crippen LogP contribution in [0.3, 0.4) is 0 Å². The van der Waals surface area contributed by atoms with E-state index in [-0.39, 0.29) is 23.4 Å². The van der Waals surface area contributed by atoms with E-state index in [1.54, 1.807) is 0 Å². The average molecular weight is 246 g/mol. The number of carbonyl (C=O) groups is 1. The molecule has 4 heteroatoms. The molecule has 0 aromatic heterocycles. The third-order valence-electron chi connectivity index (χ3n) is 3.20. The van der Waals surface area contributed by atoms with E-state index >= 15 is 0 Å². The molecule has 0 heterocycles. The van der Waals surface area contributed by atoms with Gasteiger partial charge >= 0.3 is 5.97 Å². The van der Waals surface area contributed by atoms with Gasteiger partial charge in [-0.3, -0.25) is 0 Å². The Morgan fingerprint density at radius 1 is 1.29 bits per heavy atom. The summed E-state index contributed by atoms with van der Waals surface area (Å²) in [4.78, 5) is 15.4. The summed E-state index contributed by atoms with van der Waals surface area (Å²) < 4.78 is 0. The minimum absolute atomic E-state index is 0.216. The van der Waals surface area contributed by atoms with E-state index in [0.717, 1.165) is 6.42 Å². The van der Waals surface area contributed by atoms with Gasteiger partial charge in [0.15, 0.2) is 0 Å². The quantitative estimate of drug-likeness (QED) is 0.558. The Labute approximate surface area is 104 Å². The minimum Gasteiger partial charge on any atom is -0.393 e. The molecule has 0 aliphatic heterocycles. The van der Waals surface area contributed by atoms with Crippen molar-refractivity contribution in [1.29, 1.82) is 0 Å². The van der Waals surface area contributed by atoms with Crippen LogP contribution in [0.2, 0.25) is 0 Å². The smallest absolute Gasteiger partial charge is 0.345 e. The van der Waals surface area contributed by atoms with E-state index in [1.165, 1.54) is 0 Å². The first-order chi connectivity index (χ1) is 7.72. The van der Waals surface area contributed by atoms with Crippen molar-refractivity contribution in [1.82, 2.24) is 0 Å². The highest BCUT2D eigenvalue weighted by Gasteiger charge is 2.34. The largest absolute Gasteiger partial charge is 0.393 e. The molecule has 0 fully saturated rings. The fourth-order valence-electron chi connectivity index (χ4n) is 2.00. The van der Waals surface area contributed by atoms with Crippen LogP contribution in [0.25, 0.3) is 0 Å². The van der Waals surface area contributed by atoms with Gasteiger partial charge in [0.2, 0.25) is 0 Å². The molecule has 0 spiro atoms. The van der Waals surface area contributed by atoms with Crippen LogP contribution in [-0.4, -0.2) is 22.4 Å². The zero-order valence-corrected chi connectivity index (χ0v) is 11.6. The van der Waals surface area contributed by atoms with Crippen LogP contribution in [0.4, 0.5) is 0 Å². The summed E-state index contributed by atoms with van der Waals surface area (Å²) in [5, 5.41) is 18.1. The van der Waals surface area contributed by atoms with Gasteiger partial charge in [-0.1, -0.05) is 34.6 Å². The van der Waals surface area contributed by atoms with Crippen molar-refractivity contribution in [2.75, 3.05) is 0 Å². The number of carbonyl (C=O) groups excluding carboxylic acids is 1. The van der Waals surface area contributed by atoms with Gasteiger partial charge in [-0.2, -0.15) is 5.26 Å². The number of rotatable bonds is 6. The van der Waals surface area contributed by atoms with Gasteiger partial charge in [0.05, 0.1) is 12.0 Å². The lowest BCUT2D eigenvalue weighted by atomic mass is 9.75. The second-order valence-electron chi connectivity index (χ2n) is 5.97. The number of hydrogen-bond donors (Lipinski definition) is 2. The molecule has 0 aliphatic carbocycles. The molecule has 102 valence electrons. The van der Waals surface area contributed by atoms with E-state index in [1.807, 2.05) is 34.6 Å². The molecule has 2 N–H and O–H groups in total. The summed E-state index contributed by atoms with van der Waals surface area (Å²) in [6.07, 6.45) is 1.67. The van der Waals surface area contributed by atoms with Crippen molar-refractivity contribution in [2.24, 2.45) is 17.3 Å². The Kier molecular flexibility index (Phi) is 6.72. The Hall–Kier alpha value is -0.610. The average Bonchev–Trinajstić information content (AvgIpc) is 2.23. The second-order valence-corrected chi connectivity index (χ2v) is 5.97. The first kappa shape index (κ1) is 16.4. The van der Waals surface area contributed by atoms with Gasteiger partial charge in [-0.25, -0.2) is 4.79 Å². The summed E-state index contributed by atoms with van der Waals surface area (Å²) >= 11 is 0. The maximum absolute atomic E-state index is 11.5. The standard InChI is InChI=1S/C13H26O4/c1-6-10(14)7-9(2)8-11(12(15)17-16)13(3,4)5/h9-11,14,16H,6-8H2,1-5H3. The van der Waals surface area contributed by atoms with Crippen molar-refractivity contribution >= 4 is 5.97 Å². The van der Waals surface area contributed by atoms with Crippen molar-refractivity contribution in [3.05, 3.63) is 0 Å². The van der Waals surface area contributed by atoms with E-state index in [2.05, 4.69) is 4.89 Å². The van der Waals surface area contributed by atoms with Crippen LogP contribution < -0.4 is 0 Å². The summed E-state index contributed by atoms with van der Waals surface area (Å²) in [5.74, 6) is -0.727. The third kappa shape index (κ3) is 6.03. The van der Waals surface area contributed by atoms with Gasteiger partial charge in [0.1, 0.15) is 0 Å². The highest BCUT2D eigenvalue weighted by molar-refractivity contribution is 5.72. The van der Waals surface area contributed by atoms with Gasteiger partial charge < -0.3 is 9.99 Å². The number of aliphatic hydroxyl groups is 1.